The molecule has 2 aromatic rings. The second-order valence-electron chi connectivity index (χ2n) is 9.68. The molecule has 1 aromatic carbocycles. The van der Waals surface area contributed by atoms with Crippen LogP contribution in [0.4, 0.5) is 0 Å². The molecule has 1 atom stereocenters. The van der Waals surface area contributed by atoms with E-state index in [1.165, 1.54) is 4.31 Å². The fraction of sp³-hybridized carbons (Fsp3) is 0.680. The lowest BCUT2D eigenvalue weighted by molar-refractivity contribution is -0.131. The third-order valence-corrected chi connectivity index (χ3v) is 8.47. The number of nitrogens with zero attached hydrogens (tertiary/aromatic N) is 4. The summed E-state index contributed by atoms with van der Waals surface area (Å²) in [5, 5.41) is 0. The Morgan fingerprint density at radius 2 is 1.91 bits per heavy atom. The number of imidazole rings is 1. The van der Waals surface area contributed by atoms with E-state index in [9.17, 15) is 13.2 Å². The fourth-order valence-corrected chi connectivity index (χ4v) is 5.92. The number of unbranched alkanes of at least 4 members (excludes halogenated alkanes) is 1. The smallest absolute Gasteiger partial charge is 0.243 e. The van der Waals surface area contributed by atoms with E-state index >= 15 is 0 Å². The predicted molar refractivity (Wildman–Crippen MR) is 134 cm³/mol. The molecule has 3 rings (SSSR count). The van der Waals surface area contributed by atoms with Crippen molar-refractivity contribution in [3.8, 4) is 0 Å². The van der Waals surface area contributed by atoms with Gasteiger partial charge in [-0.2, -0.15) is 4.31 Å². The minimum Gasteiger partial charge on any atom is -0.379 e. The first-order chi connectivity index (χ1) is 16.1. The summed E-state index contributed by atoms with van der Waals surface area (Å²) in [6.45, 7) is 10.9. The van der Waals surface area contributed by atoms with Crippen LogP contribution in [0.5, 0.6) is 0 Å². The van der Waals surface area contributed by atoms with E-state index < -0.39 is 10.0 Å². The van der Waals surface area contributed by atoms with E-state index in [4.69, 9.17) is 9.72 Å². The van der Waals surface area contributed by atoms with Crippen molar-refractivity contribution in [3.05, 3.63) is 24.0 Å². The molecule has 34 heavy (non-hydrogen) atoms. The average Bonchev–Trinajstić information content (AvgIpc) is 3.17. The maximum absolute atomic E-state index is 13.1. The lowest BCUT2D eigenvalue weighted by Crippen LogP contribution is -2.40. The van der Waals surface area contributed by atoms with Crippen molar-refractivity contribution in [2.45, 2.75) is 77.3 Å². The number of rotatable bonds is 11. The van der Waals surface area contributed by atoms with Crippen molar-refractivity contribution in [1.29, 1.82) is 0 Å². The summed E-state index contributed by atoms with van der Waals surface area (Å²) >= 11 is 0. The molecule has 0 radical (unpaired) electrons. The lowest BCUT2D eigenvalue weighted by atomic mass is 10.0. The molecular weight excluding hydrogens is 452 g/mol. The molecule has 0 N–H and O–H groups in total. The number of amides is 1. The Bertz CT molecular complexity index is 1070. The molecule has 1 amide bonds. The highest BCUT2D eigenvalue weighted by Gasteiger charge is 2.27. The number of carbonyl (C=O) groups excluding carboxylic acids is 1. The van der Waals surface area contributed by atoms with Gasteiger partial charge in [-0.15, -0.1) is 0 Å². The monoisotopic (exact) mass is 492 g/mol. The average molecular weight is 493 g/mol. The number of hydrogen-bond donors (Lipinski definition) is 0. The van der Waals surface area contributed by atoms with Crippen LogP contribution in [0, 0.1) is 5.92 Å². The highest BCUT2D eigenvalue weighted by molar-refractivity contribution is 7.89. The molecule has 0 saturated carbocycles. The molecule has 1 unspecified atom stereocenters. The molecular formula is C25H40N4O4S. The summed E-state index contributed by atoms with van der Waals surface area (Å²) < 4.78 is 35.1. The number of morpholine rings is 1. The number of hydrogen-bond acceptors (Lipinski definition) is 5. The minimum absolute atomic E-state index is 0.109. The van der Waals surface area contributed by atoms with Crippen molar-refractivity contribution in [2.24, 2.45) is 5.92 Å². The third-order valence-electron chi connectivity index (χ3n) is 6.57. The van der Waals surface area contributed by atoms with Crippen LogP contribution in [0.2, 0.25) is 0 Å². The number of carbonyl (C=O) groups is 1. The van der Waals surface area contributed by atoms with Gasteiger partial charge in [0, 0.05) is 45.6 Å². The largest absolute Gasteiger partial charge is 0.379 e. The first kappa shape index (κ1) is 26.6. The molecule has 1 fully saturated rings. The first-order valence-electron chi connectivity index (χ1n) is 12.5. The lowest BCUT2D eigenvalue weighted by Gasteiger charge is -2.26. The minimum atomic E-state index is -3.59. The Hall–Kier alpha value is -1.97. The molecule has 2 heterocycles. The van der Waals surface area contributed by atoms with Crippen molar-refractivity contribution in [3.63, 3.8) is 0 Å². The van der Waals surface area contributed by atoms with Crippen LogP contribution in [0.3, 0.4) is 0 Å². The van der Waals surface area contributed by atoms with E-state index in [0.717, 1.165) is 37.1 Å². The van der Waals surface area contributed by atoms with E-state index in [2.05, 4.69) is 32.3 Å². The normalized spacial score (nSPS) is 16.3. The molecule has 0 bridgehead atoms. The summed E-state index contributed by atoms with van der Waals surface area (Å²) in [6, 6.07) is 5.39. The number of fused-ring (bicyclic) bond motifs is 1. The van der Waals surface area contributed by atoms with Crippen molar-refractivity contribution < 1.29 is 17.9 Å². The van der Waals surface area contributed by atoms with Gasteiger partial charge in [0.25, 0.3) is 0 Å². The maximum Gasteiger partial charge on any atom is 0.243 e. The highest BCUT2D eigenvalue weighted by atomic mass is 32.2. The van der Waals surface area contributed by atoms with Crippen LogP contribution < -0.4 is 0 Å². The maximum atomic E-state index is 13.1. The quantitative estimate of drug-likeness (QED) is 0.478. The zero-order valence-electron chi connectivity index (χ0n) is 21.3. The molecule has 8 nitrogen and oxygen atoms in total. The summed E-state index contributed by atoms with van der Waals surface area (Å²) in [6.07, 6.45) is 3.91. The Morgan fingerprint density at radius 1 is 1.21 bits per heavy atom. The molecule has 0 aliphatic carbocycles. The zero-order chi connectivity index (χ0) is 24.9. The summed E-state index contributed by atoms with van der Waals surface area (Å²) in [5.41, 5.74) is 1.58. The Balaban J connectivity index is 1.83. The molecule has 190 valence electrons. The standard InChI is InChI=1S/C25H40N4O4S/c1-6-7-12-29-23-9-8-21(34(31,32)28-13-15-33-16-14-28)18-22(23)26-24(29)10-11-25(30)27(5)20(4)17-19(2)3/h8-9,18-20H,6-7,10-17H2,1-5H3. The summed E-state index contributed by atoms with van der Waals surface area (Å²) in [5.74, 6) is 1.48. The van der Waals surface area contributed by atoms with Crippen LogP contribution in [-0.4, -0.2) is 72.5 Å². The van der Waals surface area contributed by atoms with Gasteiger partial charge in [-0.25, -0.2) is 13.4 Å². The molecule has 1 aliphatic rings. The topological polar surface area (TPSA) is 84.7 Å². The third kappa shape index (κ3) is 6.17. The van der Waals surface area contributed by atoms with Crippen molar-refractivity contribution >= 4 is 27.0 Å². The first-order valence-corrected chi connectivity index (χ1v) is 13.9. The Morgan fingerprint density at radius 3 is 2.56 bits per heavy atom. The second-order valence-corrected chi connectivity index (χ2v) is 11.6. The van der Waals surface area contributed by atoms with Crippen LogP contribution in [0.1, 0.15) is 59.2 Å². The van der Waals surface area contributed by atoms with Crippen LogP contribution in [0.15, 0.2) is 23.1 Å². The molecule has 1 saturated heterocycles. The predicted octanol–water partition coefficient (Wildman–Crippen LogP) is 3.68. The molecule has 1 aliphatic heterocycles. The highest BCUT2D eigenvalue weighted by Crippen LogP contribution is 2.25. The van der Waals surface area contributed by atoms with Gasteiger partial charge in [0.05, 0.1) is 29.1 Å². The van der Waals surface area contributed by atoms with E-state index in [0.29, 0.717) is 50.6 Å². The van der Waals surface area contributed by atoms with Crippen LogP contribution in [0.25, 0.3) is 11.0 Å². The fourth-order valence-electron chi connectivity index (χ4n) is 4.49. The number of aromatic nitrogens is 2. The summed E-state index contributed by atoms with van der Waals surface area (Å²) in [7, 11) is -1.71. The Kier molecular flexibility index (Phi) is 9.12. The van der Waals surface area contributed by atoms with Crippen LogP contribution in [-0.2, 0) is 32.5 Å². The van der Waals surface area contributed by atoms with Gasteiger partial charge < -0.3 is 14.2 Å². The molecule has 1 aromatic heterocycles. The van der Waals surface area contributed by atoms with Gasteiger partial charge in [0.2, 0.25) is 15.9 Å². The molecule has 0 spiro atoms. The number of ether oxygens (including phenoxy) is 1. The zero-order valence-corrected chi connectivity index (χ0v) is 22.1. The van der Waals surface area contributed by atoms with Gasteiger partial charge >= 0.3 is 0 Å². The van der Waals surface area contributed by atoms with Gasteiger partial charge in [-0.3, -0.25) is 4.79 Å². The van der Waals surface area contributed by atoms with Crippen LogP contribution >= 0.6 is 0 Å². The van der Waals surface area contributed by atoms with Crippen molar-refractivity contribution in [1.82, 2.24) is 18.8 Å². The second kappa shape index (κ2) is 11.6. The molecule has 9 heteroatoms. The SMILES string of the molecule is CCCCn1c(CCC(=O)N(C)C(C)CC(C)C)nc2cc(S(=O)(=O)N3CCOCC3)ccc21. The van der Waals surface area contributed by atoms with E-state index in [1.54, 1.807) is 12.1 Å². The summed E-state index contributed by atoms with van der Waals surface area (Å²) in [4.78, 5) is 19.7. The van der Waals surface area contributed by atoms with Gasteiger partial charge in [-0.05, 0) is 43.9 Å². The van der Waals surface area contributed by atoms with Gasteiger partial charge in [0.15, 0.2) is 0 Å². The van der Waals surface area contributed by atoms with E-state index in [-0.39, 0.29) is 16.8 Å². The van der Waals surface area contributed by atoms with Gasteiger partial charge in [0.1, 0.15) is 5.82 Å². The number of aryl methyl sites for hydroxylation is 2. The number of sulfonamides is 1. The van der Waals surface area contributed by atoms with Gasteiger partial charge in [-0.1, -0.05) is 27.2 Å². The number of benzene rings is 1. The Labute approximate surface area is 204 Å². The van der Waals surface area contributed by atoms with Crippen molar-refractivity contribution in [2.75, 3.05) is 33.4 Å². The van der Waals surface area contributed by atoms with E-state index in [1.807, 2.05) is 18.0 Å².